The monoisotopic (exact) mass is 279 g/mol. The minimum atomic E-state index is -0.248. The molecule has 1 aromatic carbocycles. The molecule has 0 spiro atoms. The first-order valence-corrected chi connectivity index (χ1v) is 7.53. The number of amides is 1. The molecule has 1 amide bonds. The summed E-state index contributed by atoms with van der Waals surface area (Å²) < 4.78 is 12.8. The first-order chi connectivity index (χ1) is 9.66. The zero-order chi connectivity index (χ0) is 14.4. The summed E-state index contributed by atoms with van der Waals surface area (Å²) >= 11 is 0. The molecular weight excluding hydrogens is 255 g/mol. The molecule has 1 aliphatic heterocycles. The minimum Gasteiger partial charge on any atom is -0.347 e. The number of nitrogens with one attached hydrogen (secondary N) is 2. The van der Waals surface area contributed by atoms with Crippen molar-refractivity contribution in [3.8, 4) is 0 Å². The van der Waals surface area contributed by atoms with Gasteiger partial charge in [-0.15, -0.1) is 0 Å². The molecule has 3 nitrogen and oxygen atoms in total. The van der Waals surface area contributed by atoms with Crippen molar-refractivity contribution in [2.75, 3.05) is 13.1 Å². The van der Waals surface area contributed by atoms with Gasteiger partial charge in [-0.05, 0) is 50.3 Å². The van der Waals surface area contributed by atoms with E-state index in [4.69, 9.17) is 0 Å². The van der Waals surface area contributed by atoms with Crippen LogP contribution in [0.15, 0.2) is 24.3 Å². The van der Waals surface area contributed by atoms with Gasteiger partial charge in [0.2, 0.25) is 0 Å². The van der Waals surface area contributed by atoms with Gasteiger partial charge >= 0.3 is 0 Å². The van der Waals surface area contributed by atoms with E-state index in [1.54, 1.807) is 12.1 Å². The van der Waals surface area contributed by atoms with Crippen LogP contribution in [-0.2, 0) is 11.3 Å². The fourth-order valence-corrected chi connectivity index (χ4v) is 2.75. The van der Waals surface area contributed by atoms with E-state index in [0.29, 0.717) is 6.54 Å². The highest BCUT2D eigenvalue weighted by Crippen LogP contribution is 2.02. The highest BCUT2D eigenvalue weighted by molar-refractivity contribution is 5.79. The van der Waals surface area contributed by atoms with Crippen LogP contribution in [0, 0.1) is 5.82 Å². The number of carbonyl (C=O) groups is 1. The molecule has 0 aliphatic carbocycles. The Labute approximate surface area is 120 Å². The summed E-state index contributed by atoms with van der Waals surface area (Å²) in [6.07, 6.45) is 5.00. The fourth-order valence-electron chi connectivity index (χ4n) is 2.75. The van der Waals surface area contributed by atoms with Crippen LogP contribution in [0.4, 0.5) is 4.39 Å². The number of benzene rings is 1. The van der Waals surface area contributed by atoms with Crippen LogP contribution in [-0.4, -0.2) is 25.0 Å². The van der Waals surface area contributed by atoms with E-state index in [1.807, 2.05) is 6.92 Å². The van der Waals surface area contributed by atoms with Crippen molar-refractivity contribution in [2.45, 2.75) is 45.2 Å². The standard InChI is InChI=1S/C16H23FN2O/c1-13(19-10-4-2-3-5-11-19)16(20)18-12-14-6-8-15(17)9-7-14/h6-9,13H,2-5,10-12H2,1H3,(H,18,20)/p+1/t13-/m0/s1. The van der Waals surface area contributed by atoms with Gasteiger partial charge in [-0.2, -0.15) is 0 Å². The molecule has 0 saturated carbocycles. The summed E-state index contributed by atoms with van der Waals surface area (Å²) in [6, 6.07) is 6.25. The van der Waals surface area contributed by atoms with E-state index < -0.39 is 0 Å². The van der Waals surface area contributed by atoms with Crippen molar-refractivity contribution in [3.05, 3.63) is 35.6 Å². The molecule has 110 valence electrons. The SMILES string of the molecule is C[C@@H](C(=O)NCc1ccc(F)cc1)[NH+]1CCCCCC1. The van der Waals surface area contributed by atoms with E-state index in [2.05, 4.69) is 5.32 Å². The van der Waals surface area contributed by atoms with E-state index in [0.717, 1.165) is 18.7 Å². The largest absolute Gasteiger partial charge is 0.347 e. The van der Waals surface area contributed by atoms with Crippen LogP contribution in [0.25, 0.3) is 0 Å². The maximum absolute atomic E-state index is 12.8. The van der Waals surface area contributed by atoms with Crippen LogP contribution in [0.3, 0.4) is 0 Å². The average Bonchev–Trinajstić information content (AvgIpc) is 2.74. The average molecular weight is 279 g/mol. The lowest BCUT2D eigenvalue weighted by atomic mass is 10.2. The number of likely N-dealkylation sites (tertiary alicyclic amines) is 1. The van der Waals surface area contributed by atoms with Gasteiger partial charge in [0.15, 0.2) is 6.04 Å². The molecule has 0 bridgehead atoms. The quantitative estimate of drug-likeness (QED) is 0.855. The lowest BCUT2D eigenvalue weighted by Crippen LogP contribution is -3.16. The maximum Gasteiger partial charge on any atom is 0.278 e. The Morgan fingerprint density at radius 3 is 2.40 bits per heavy atom. The fraction of sp³-hybridized carbons (Fsp3) is 0.562. The Morgan fingerprint density at radius 2 is 1.80 bits per heavy atom. The maximum atomic E-state index is 12.8. The third kappa shape index (κ3) is 4.30. The number of hydrogen-bond acceptors (Lipinski definition) is 1. The summed E-state index contributed by atoms with van der Waals surface area (Å²) in [4.78, 5) is 13.6. The smallest absolute Gasteiger partial charge is 0.278 e. The summed E-state index contributed by atoms with van der Waals surface area (Å²) in [6.45, 7) is 4.65. The van der Waals surface area contributed by atoms with Gasteiger partial charge in [-0.1, -0.05) is 12.1 Å². The van der Waals surface area contributed by atoms with Gasteiger partial charge in [0, 0.05) is 6.54 Å². The Hall–Kier alpha value is -1.42. The molecule has 1 atom stereocenters. The van der Waals surface area contributed by atoms with Crippen molar-refractivity contribution in [3.63, 3.8) is 0 Å². The van der Waals surface area contributed by atoms with Crippen molar-refractivity contribution >= 4 is 5.91 Å². The van der Waals surface area contributed by atoms with Crippen LogP contribution in [0.5, 0.6) is 0 Å². The normalized spacial score (nSPS) is 18.3. The number of carbonyl (C=O) groups excluding carboxylic acids is 1. The third-order valence-corrected chi connectivity index (χ3v) is 4.13. The van der Waals surface area contributed by atoms with Gasteiger partial charge in [0.05, 0.1) is 13.1 Å². The number of halogens is 1. The van der Waals surface area contributed by atoms with E-state index in [-0.39, 0.29) is 17.8 Å². The number of rotatable bonds is 4. The van der Waals surface area contributed by atoms with Crippen LogP contribution in [0.2, 0.25) is 0 Å². The van der Waals surface area contributed by atoms with Gasteiger partial charge in [-0.3, -0.25) is 4.79 Å². The number of quaternary nitrogens is 1. The van der Waals surface area contributed by atoms with Gasteiger partial charge < -0.3 is 10.2 Å². The zero-order valence-corrected chi connectivity index (χ0v) is 12.1. The molecule has 1 aromatic rings. The molecule has 0 unspecified atom stereocenters. The molecule has 1 fully saturated rings. The molecule has 2 N–H and O–H groups in total. The zero-order valence-electron chi connectivity index (χ0n) is 12.1. The predicted molar refractivity (Wildman–Crippen MR) is 76.9 cm³/mol. The molecular formula is C16H24FN2O+. The molecule has 2 rings (SSSR count). The molecule has 20 heavy (non-hydrogen) atoms. The summed E-state index contributed by atoms with van der Waals surface area (Å²) in [7, 11) is 0. The van der Waals surface area contributed by atoms with Crippen LogP contribution < -0.4 is 10.2 Å². The third-order valence-electron chi connectivity index (χ3n) is 4.13. The van der Waals surface area contributed by atoms with Crippen molar-refractivity contribution < 1.29 is 14.1 Å². The molecule has 0 aromatic heterocycles. The highest BCUT2D eigenvalue weighted by atomic mass is 19.1. The van der Waals surface area contributed by atoms with Gasteiger partial charge in [-0.25, -0.2) is 4.39 Å². The van der Waals surface area contributed by atoms with Crippen molar-refractivity contribution in [1.82, 2.24) is 5.32 Å². The van der Waals surface area contributed by atoms with Gasteiger partial charge in [0.1, 0.15) is 5.82 Å². The first kappa shape index (κ1) is 15.0. The summed E-state index contributed by atoms with van der Waals surface area (Å²) in [5.74, 6) is -0.159. The first-order valence-electron chi connectivity index (χ1n) is 7.53. The lowest BCUT2D eigenvalue weighted by Gasteiger charge is -2.23. The molecule has 1 heterocycles. The molecule has 0 radical (unpaired) electrons. The Bertz CT molecular complexity index is 425. The second-order valence-electron chi connectivity index (χ2n) is 5.64. The second-order valence-corrected chi connectivity index (χ2v) is 5.64. The highest BCUT2D eigenvalue weighted by Gasteiger charge is 2.25. The Morgan fingerprint density at radius 1 is 1.20 bits per heavy atom. The second kappa shape index (κ2) is 7.39. The van der Waals surface area contributed by atoms with E-state index in [9.17, 15) is 9.18 Å². The Kier molecular flexibility index (Phi) is 5.53. The van der Waals surface area contributed by atoms with Crippen molar-refractivity contribution in [1.29, 1.82) is 0 Å². The van der Waals surface area contributed by atoms with E-state index in [1.165, 1.54) is 42.7 Å². The lowest BCUT2D eigenvalue weighted by molar-refractivity contribution is -0.913. The van der Waals surface area contributed by atoms with Crippen LogP contribution in [0.1, 0.15) is 38.2 Å². The minimum absolute atomic E-state index is 0.00597. The summed E-state index contributed by atoms with van der Waals surface area (Å²) in [5.41, 5.74) is 0.929. The topological polar surface area (TPSA) is 33.5 Å². The molecule has 4 heteroatoms. The van der Waals surface area contributed by atoms with Crippen molar-refractivity contribution in [2.24, 2.45) is 0 Å². The molecule has 1 saturated heterocycles. The number of hydrogen-bond donors (Lipinski definition) is 2. The predicted octanol–water partition coefficient (Wildman–Crippen LogP) is 1.29. The Balaban J connectivity index is 1.82. The van der Waals surface area contributed by atoms with Gasteiger partial charge in [0.25, 0.3) is 5.91 Å². The molecule has 1 aliphatic rings. The van der Waals surface area contributed by atoms with E-state index >= 15 is 0 Å². The summed E-state index contributed by atoms with van der Waals surface area (Å²) in [5, 5.41) is 2.95. The van der Waals surface area contributed by atoms with Crippen LogP contribution >= 0.6 is 0 Å².